The maximum absolute atomic E-state index is 11.9. The first kappa shape index (κ1) is 33.0. The summed E-state index contributed by atoms with van der Waals surface area (Å²) < 4.78 is 63.5. The number of fused-ring (bicyclic) bond motifs is 1. The van der Waals surface area contributed by atoms with Crippen molar-refractivity contribution in [2.75, 3.05) is 13.1 Å². The fourth-order valence-corrected chi connectivity index (χ4v) is 6.00. The zero-order valence-corrected chi connectivity index (χ0v) is 22.4. The van der Waals surface area contributed by atoms with Crippen LogP contribution in [0, 0.1) is 17.8 Å². The first-order valence-electron chi connectivity index (χ1n) is 13.3. The summed E-state index contributed by atoms with van der Waals surface area (Å²) in [4.78, 5) is 39.9. The molecule has 4 atom stereocenters. The van der Waals surface area contributed by atoms with Crippen molar-refractivity contribution in [2.45, 2.75) is 63.5 Å². The van der Waals surface area contributed by atoms with Gasteiger partial charge in [0, 0.05) is 42.9 Å². The molecule has 4 bridgehead atoms. The number of benzene rings is 1. The molecule has 6 rings (SSSR count). The minimum absolute atomic E-state index is 0.118. The lowest BCUT2D eigenvalue weighted by atomic mass is 9.68. The molecular formula is C27H32F6N4O5. The van der Waals surface area contributed by atoms with Gasteiger partial charge in [0.1, 0.15) is 5.82 Å². The van der Waals surface area contributed by atoms with Gasteiger partial charge in [-0.3, -0.25) is 9.69 Å². The van der Waals surface area contributed by atoms with Crippen LogP contribution in [0.15, 0.2) is 35.1 Å². The van der Waals surface area contributed by atoms with Gasteiger partial charge in [-0.2, -0.15) is 26.3 Å². The third-order valence-electron chi connectivity index (χ3n) is 7.51. The van der Waals surface area contributed by atoms with Crippen molar-refractivity contribution >= 4 is 11.9 Å². The van der Waals surface area contributed by atoms with E-state index in [1.165, 1.54) is 50.3 Å². The molecule has 0 radical (unpaired) electrons. The number of aromatic amines is 1. The summed E-state index contributed by atoms with van der Waals surface area (Å²) in [6.45, 7) is 2.81. The molecule has 232 valence electrons. The Balaban J connectivity index is 0.000000289. The Bertz CT molecular complexity index is 1240. The predicted molar refractivity (Wildman–Crippen MR) is 138 cm³/mol. The van der Waals surface area contributed by atoms with E-state index in [2.05, 4.69) is 39.1 Å². The van der Waals surface area contributed by atoms with Gasteiger partial charge in [0.05, 0.1) is 0 Å². The number of hydrogen-bond acceptors (Lipinski definition) is 6. The van der Waals surface area contributed by atoms with Gasteiger partial charge in [-0.25, -0.2) is 14.6 Å². The summed E-state index contributed by atoms with van der Waals surface area (Å²) >= 11 is 0. The van der Waals surface area contributed by atoms with E-state index in [1.54, 1.807) is 0 Å². The Morgan fingerprint density at radius 3 is 1.88 bits per heavy atom. The third-order valence-corrected chi connectivity index (χ3v) is 7.51. The second kappa shape index (κ2) is 13.7. The lowest BCUT2D eigenvalue weighted by Gasteiger charge is -2.39. The smallest absolute Gasteiger partial charge is 0.475 e. The molecule has 1 aromatic carbocycles. The standard InChI is InChI=1S/C23H30N4O.2C2HF3O2/c24-6-5-20-12-22(28)26-23(25-20)19-3-1-15(2-4-19)13-27-14-18-8-16-7-17(9-18)11-21(27)10-16;2*3-2(4,5)1(6)7/h1-4,12,16-18,21H,5-11,13-14,24H2,(H,25,26,28);2*(H,6,7)/t16-,17+,18?,21?;;. The summed E-state index contributed by atoms with van der Waals surface area (Å²) in [5, 5.41) is 14.2. The number of halogens is 6. The van der Waals surface area contributed by atoms with E-state index in [4.69, 9.17) is 25.5 Å². The largest absolute Gasteiger partial charge is 0.490 e. The first-order chi connectivity index (χ1) is 19.5. The molecule has 4 aliphatic rings. The van der Waals surface area contributed by atoms with E-state index in [0.29, 0.717) is 18.8 Å². The maximum Gasteiger partial charge on any atom is 0.490 e. The van der Waals surface area contributed by atoms with E-state index in [1.807, 2.05) is 0 Å². The number of nitrogens with one attached hydrogen (secondary N) is 1. The minimum atomic E-state index is -5.08. The SMILES string of the molecule is NCCc1cc(=O)[nH]c(-c2ccc(CN3CC4C[C@@H]5CC3C[C@H](C4)C5)cc2)n1.O=C(O)C(F)(F)F.O=C(O)C(F)(F)F. The predicted octanol–water partition coefficient (Wildman–Crippen LogP) is 4.22. The van der Waals surface area contributed by atoms with E-state index in [-0.39, 0.29) is 5.56 Å². The van der Waals surface area contributed by atoms with Crippen molar-refractivity contribution in [1.29, 1.82) is 0 Å². The Morgan fingerprint density at radius 2 is 1.40 bits per heavy atom. The molecule has 5 N–H and O–H groups in total. The number of carbonyl (C=O) groups is 2. The summed E-state index contributed by atoms with van der Waals surface area (Å²) in [5.74, 6) is -2.00. The van der Waals surface area contributed by atoms with Gasteiger partial charge in [-0.1, -0.05) is 24.3 Å². The number of nitrogens with two attached hydrogens (primary N) is 1. The molecule has 2 saturated heterocycles. The van der Waals surface area contributed by atoms with E-state index >= 15 is 0 Å². The van der Waals surface area contributed by atoms with Crippen LogP contribution in [0.4, 0.5) is 26.3 Å². The van der Waals surface area contributed by atoms with Crippen molar-refractivity contribution in [3.05, 3.63) is 51.9 Å². The monoisotopic (exact) mass is 606 g/mol. The van der Waals surface area contributed by atoms with Crippen LogP contribution in [0.25, 0.3) is 11.4 Å². The number of H-pyrrole nitrogens is 1. The number of nitrogens with zero attached hydrogens (tertiary/aromatic N) is 2. The Kier molecular flexibility index (Phi) is 10.8. The molecule has 0 amide bonds. The Hall–Kier alpha value is -3.46. The average molecular weight is 607 g/mol. The van der Waals surface area contributed by atoms with Gasteiger partial charge in [-0.05, 0) is 62.0 Å². The molecule has 9 nitrogen and oxygen atoms in total. The lowest BCUT2D eigenvalue weighted by Crippen LogP contribution is -2.37. The zero-order chi connectivity index (χ0) is 31.2. The second-order valence-electron chi connectivity index (χ2n) is 10.8. The van der Waals surface area contributed by atoms with Crippen molar-refractivity contribution in [1.82, 2.24) is 14.9 Å². The van der Waals surface area contributed by atoms with Crippen molar-refractivity contribution in [3.63, 3.8) is 0 Å². The number of carboxylic acid groups (broad SMARTS) is 2. The second-order valence-corrected chi connectivity index (χ2v) is 10.8. The molecule has 2 unspecified atom stereocenters. The number of hydrogen-bond donors (Lipinski definition) is 4. The molecule has 42 heavy (non-hydrogen) atoms. The van der Waals surface area contributed by atoms with Crippen molar-refractivity contribution in [2.24, 2.45) is 23.5 Å². The fourth-order valence-electron chi connectivity index (χ4n) is 6.00. The number of aliphatic carboxylic acids is 2. The van der Waals surface area contributed by atoms with Crippen molar-refractivity contribution < 1.29 is 46.1 Å². The number of alkyl halides is 6. The van der Waals surface area contributed by atoms with Gasteiger partial charge in [0.2, 0.25) is 0 Å². The van der Waals surface area contributed by atoms with E-state index in [9.17, 15) is 31.1 Å². The molecule has 2 aliphatic heterocycles. The van der Waals surface area contributed by atoms with Crippen LogP contribution in [0.5, 0.6) is 0 Å². The normalized spacial score (nSPS) is 23.2. The summed E-state index contributed by atoms with van der Waals surface area (Å²) in [6, 6.07) is 10.9. The number of rotatable bonds is 5. The van der Waals surface area contributed by atoms with Crippen LogP contribution in [0.2, 0.25) is 0 Å². The van der Waals surface area contributed by atoms with Gasteiger partial charge < -0.3 is 20.9 Å². The van der Waals surface area contributed by atoms with Gasteiger partial charge in [0.25, 0.3) is 5.56 Å². The molecular weight excluding hydrogens is 574 g/mol. The topological polar surface area (TPSA) is 150 Å². The van der Waals surface area contributed by atoms with Crippen molar-refractivity contribution in [3.8, 4) is 11.4 Å². The van der Waals surface area contributed by atoms with Crippen LogP contribution in [-0.4, -0.2) is 68.5 Å². The average Bonchev–Trinajstić information content (AvgIpc) is 3.06. The van der Waals surface area contributed by atoms with Crippen LogP contribution in [0.1, 0.15) is 43.4 Å². The Morgan fingerprint density at radius 1 is 0.905 bits per heavy atom. The minimum Gasteiger partial charge on any atom is -0.475 e. The highest BCUT2D eigenvalue weighted by atomic mass is 19.4. The Labute approximate surface area is 236 Å². The highest BCUT2D eigenvalue weighted by Gasteiger charge is 2.42. The zero-order valence-electron chi connectivity index (χ0n) is 22.4. The van der Waals surface area contributed by atoms with Crippen LogP contribution in [-0.2, 0) is 22.6 Å². The van der Waals surface area contributed by atoms with E-state index in [0.717, 1.165) is 41.6 Å². The summed E-state index contributed by atoms with van der Waals surface area (Å²) in [5.41, 5.74) is 8.55. The number of aromatic nitrogens is 2. The highest BCUT2D eigenvalue weighted by molar-refractivity contribution is 5.73. The molecule has 2 aliphatic carbocycles. The molecule has 1 aromatic heterocycles. The molecule has 15 heteroatoms. The number of carboxylic acids is 2. The molecule has 2 aromatic rings. The lowest BCUT2D eigenvalue weighted by molar-refractivity contribution is -0.193. The van der Waals surface area contributed by atoms with Gasteiger partial charge in [-0.15, -0.1) is 0 Å². The molecule has 0 spiro atoms. The fraction of sp³-hybridized carbons (Fsp3) is 0.556. The summed E-state index contributed by atoms with van der Waals surface area (Å²) in [7, 11) is 0. The van der Waals surface area contributed by atoms with Crippen LogP contribution >= 0.6 is 0 Å². The highest BCUT2D eigenvalue weighted by Crippen LogP contribution is 2.47. The van der Waals surface area contributed by atoms with E-state index < -0.39 is 24.3 Å². The first-order valence-corrected chi connectivity index (χ1v) is 13.3. The molecule has 3 heterocycles. The quantitative estimate of drug-likeness (QED) is 0.370. The molecule has 2 saturated carbocycles. The molecule has 4 fully saturated rings. The van der Waals surface area contributed by atoms with Crippen LogP contribution in [0.3, 0.4) is 0 Å². The maximum atomic E-state index is 11.9. The van der Waals surface area contributed by atoms with Crippen LogP contribution < -0.4 is 11.3 Å². The third kappa shape index (κ3) is 9.54. The summed E-state index contributed by atoms with van der Waals surface area (Å²) in [6.07, 6.45) is -2.33. The van der Waals surface area contributed by atoms with Gasteiger partial charge >= 0.3 is 24.3 Å². The van der Waals surface area contributed by atoms with Gasteiger partial charge in [0.15, 0.2) is 0 Å².